The van der Waals surface area contributed by atoms with E-state index in [1.807, 2.05) is 6.92 Å². The van der Waals surface area contributed by atoms with Crippen molar-refractivity contribution in [3.8, 4) is 11.5 Å². The van der Waals surface area contributed by atoms with Crippen LogP contribution in [0.5, 0.6) is 11.5 Å². The Labute approximate surface area is 99.1 Å². The quantitative estimate of drug-likeness (QED) is 0.542. The Kier molecular flexibility index (Phi) is 4.33. The van der Waals surface area contributed by atoms with E-state index in [9.17, 15) is 9.90 Å². The summed E-state index contributed by atoms with van der Waals surface area (Å²) in [5, 5.41) is 13.3. The van der Waals surface area contributed by atoms with E-state index in [1.54, 1.807) is 12.1 Å². The monoisotopic (exact) mass is 237 g/mol. The molecule has 1 rings (SSSR count). The first-order chi connectivity index (χ1) is 8.08. The summed E-state index contributed by atoms with van der Waals surface area (Å²) in [5.41, 5.74) is 8.49. The van der Waals surface area contributed by atoms with Crippen LogP contribution in [0.15, 0.2) is 23.3 Å². The Morgan fingerprint density at radius 3 is 2.82 bits per heavy atom. The predicted molar refractivity (Wildman–Crippen MR) is 64.2 cm³/mol. The van der Waals surface area contributed by atoms with Crippen LogP contribution in [0.1, 0.15) is 18.9 Å². The van der Waals surface area contributed by atoms with Crippen LogP contribution in [-0.2, 0) is 0 Å². The first-order valence-corrected chi connectivity index (χ1v) is 5.07. The molecular formula is C11H15N3O3. The van der Waals surface area contributed by atoms with E-state index in [0.717, 1.165) is 5.56 Å². The summed E-state index contributed by atoms with van der Waals surface area (Å²) in [6.07, 6.45) is 0.605. The number of hydrogen-bond acceptors (Lipinski definition) is 4. The fourth-order valence-electron chi connectivity index (χ4n) is 1.33. The molecule has 0 radical (unpaired) electrons. The van der Waals surface area contributed by atoms with E-state index >= 15 is 0 Å². The lowest BCUT2D eigenvalue weighted by Gasteiger charge is -2.08. The number of nitrogens with two attached hydrogens (primary N) is 1. The van der Waals surface area contributed by atoms with Crippen LogP contribution < -0.4 is 15.9 Å². The third-order valence-corrected chi connectivity index (χ3v) is 2.15. The standard InChI is InChI=1S/C11H15N3O3/c1-3-8(13-14-11(12)16)7-4-5-9(15)10(6-7)17-2/h4-6,15H,3H2,1-2H3,(H3,12,14,16). The highest BCUT2D eigenvalue weighted by Gasteiger charge is 2.07. The number of hydrazone groups is 1. The molecule has 2 amide bonds. The van der Waals surface area contributed by atoms with Gasteiger partial charge >= 0.3 is 6.03 Å². The molecule has 4 N–H and O–H groups in total. The molecule has 0 aromatic heterocycles. The number of benzene rings is 1. The molecule has 0 aliphatic heterocycles. The molecule has 0 saturated heterocycles. The molecule has 1 aromatic rings. The zero-order valence-electron chi connectivity index (χ0n) is 9.73. The van der Waals surface area contributed by atoms with Gasteiger partial charge in [0.25, 0.3) is 0 Å². The van der Waals surface area contributed by atoms with Crippen molar-refractivity contribution in [1.82, 2.24) is 5.43 Å². The summed E-state index contributed by atoms with van der Waals surface area (Å²) in [6.45, 7) is 1.89. The molecule has 0 spiro atoms. The van der Waals surface area contributed by atoms with Crippen LogP contribution in [-0.4, -0.2) is 24.0 Å². The van der Waals surface area contributed by atoms with Gasteiger partial charge in [0.2, 0.25) is 0 Å². The molecule has 1 aromatic carbocycles. The SMILES string of the molecule is CCC(=NNC(N)=O)c1ccc(O)c(OC)c1. The van der Waals surface area contributed by atoms with Gasteiger partial charge in [0.05, 0.1) is 12.8 Å². The summed E-state index contributed by atoms with van der Waals surface area (Å²) < 4.78 is 4.99. The minimum Gasteiger partial charge on any atom is -0.504 e. The molecule has 17 heavy (non-hydrogen) atoms. The normalized spacial score (nSPS) is 11.1. The minimum atomic E-state index is -0.721. The van der Waals surface area contributed by atoms with Gasteiger partial charge < -0.3 is 15.6 Å². The topological polar surface area (TPSA) is 96.9 Å². The number of primary amides is 1. The Morgan fingerprint density at radius 1 is 1.59 bits per heavy atom. The number of ether oxygens (including phenoxy) is 1. The van der Waals surface area contributed by atoms with Crippen molar-refractivity contribution in [2.75, 3.05) is 7.11 Å². The van der Waals surface area contributed by atoms with E-state index in [0.29, 0.717) is 17.9 Å². The third kappa shape index (κ3) is 3.37. The molecule has 0 heterocycles. The molecule has 0 bridgehead atoms. The van der Waals surface area contributed by atoms with Crippen molar-refractivity contribution in [3.05, 3.63) is 23.8 Å². The highest BCUT2D eigenvalue weighted by atomic mass is 16.5. The molecule has 6 heteroatoms. The Hall–Kier alpha value is -2.24. The van der Waals surface area contributed by atoms with Gasteiger partial charge in [0.1, 0.15) is 0 Å². The second kappa shape index (κ2) is 5.74. The number of rotatable bonds is 4. The second-order valence-electron chi connectivity index (χ2n) is 3.27. The second-order valence-corrected chi connectivity index (χ2v) is 3.27. The molecule has 0 saturated carbocycles. The van der Waals surface area contributed by atoms with Crippen molar-refractivity contribution in [2.45, 2.75) is 13.3 Å². The van der Waals surface area contributed by atoms with E-state index in [2.05, 4.69) is 10.5 Å². The van der Waals surface area contributed by atoms with Crippen molar-refractivity contribution < 1.29 is 14.6 Å². The maximum Gasteiger partial charge on any atom is 0.332 e. The summed E-state index contributed by atoms with van der Waals surface area (Å²) in [7, 11) is 1.46. The molecule has 6 nitrogen and oxygen atoms in total. The smallest absolute Gasteiger partial charge is 0.332 e. The number of nitrogens with zero attached hydrogens (tertiary/aromatic N) is 1. The molecule has 0 fully saturated rings. The fourth-order valence-corrected chi connectivity index (χ4v) is 1.33. The van der Waals surface area contributed by atoms with Crippen molar-refractivity contribution in [2.24, 2.45) is 10.8 Å². The van der Waals surface area contributed by atoms with Gasteiger partial charge in [-0.15, -0.1) is 0 Å². The summed E-state index contributed by atoms with van der Waals surface area (Å²) in [6, 6.07) is 4.11. The lowest BCUT2D eigenvalue weighted by molar-refractivity contribution is 0.249. The van der Waals surface area contributed by atoms with Gasteiger partial charge in [-0.3, -0.25) is 0 Å². The lowest BCUT2D eigenvalue weighted by Crippen LogP contribution is -2.25. The van der Waals surface area contributed by atoms with Gasteiger partial charge in [-0.05, 0) is 24.6 Å². The zero-order chi connectivity index (χ0) is 12.8. The van der Waals surface area contributed by atoms with Crippen LogP contribution in [0.4, 0.5) is 4.79 Å². The third-order valence-electron chi connectivity index (χ3n) is 2.15. The Balaban J connectivity index is 3.03. The molecular weight excluding hydrogens is 222 g/mol. The zero-order valence-corrected chi connectivity index (χ0v) is 9.73. The van der Waals surface area contributed by atoms with E-state index in [-0.39, 0.29) is 5.75 Å². The summed E-state index contributed by atoms with van der Waals surface area (Å²) in [5.74, 6) is 0.400. The van der Waals surface area contributed by atoms with Gasteiger partial charge in [0.15, 0.2) is 11.5 Å². The van der Waals surface area contributed by atoms with Crippen LogP contribution in [0, 0.1) is 0 Å². The number of methoxy groups -OCH3 is 1. The number of phenolic OH excluding ortho intramolecular Hbond substituents is 1. The average molecular weight is 237 g/mol. The minimum absolute atomic E-state index is 0.0505. The number of hydrogen-bond donors (Lipinski definition) is 3. The first-order valence-electron chi connectivity index (χ1n) is 5.07. The van der Waals surface area contributed by atoms with Gasteiger partial charge in [0, 0.05) is 5.56 Å². The van der Waals surface area contributed by atoms with E-state index in [4.69, 9.17) is 10.5 Å². The maximum absolute atomic E-state index is 10.6. The van der Waals surface area contributed by atoms with Crippen molar-refractivity contribution >= 4 is 11.7 Å². The number of amides is 2. The Bertz CT molecular complexity index is 444. The number of carbonyl (C=O) groups excluding carboxylic acids is 1. The molecule has 0 atom stereocenters. The lowest BCUT2D eigenvalue weighted by atomic mass is 10.1. The largest absolute Gasteiger partial charge is 0.504 e. The number of phenols is 1. The highest BCUT2D eigenvalue weighted by Crippen LogP contribution is 2.26. The summed E-state index contributed by atoms with van der Waals surface area (Å²) in [4.78, 5) is 10.6. The van der Waals surface area contributed by atoms with Gasteiger partial charge in [-0.2, -0.15) is 5.10 Å². The number of carbonyl (C=O) groups is 1. The maximum atomic E-state index is 10.6. The van der Waals surface area contributed by atoms with Crippen molar-refractivity contribution in [3.63, 3.8) is 0 Å². The number of aromatic hydroxyl groups is 1. The molecule has 92 valence electrons. The highest BCUT2D eigenvalue weighted by molar-refractivity contribution is 6.01. The van der Waals surface area contributed by atoms with Crippen LogP contribution >= 0.6 is 0 Å². The Morgan fingerprint density at radius 2 is 2.29 bits per heavy atom. The number of nitrogens with one attached hydrogen (secondary N) is 1. The van der Waals surface area contributed by atoms with Crippen molar-refractivity contribution in [1.29, 1.82) is 0 Å². The van der Waals surface area contributed by atoms with Crippen LogP contribution in [0.3, 0.4) is 0 Å². The molecule has 0 aliphatic rings. The van der Waals surface area contributed by atoms with E-state index in [1.165, 1.54) is 13.2 Å². The van der Waals surface area contributed by atoms with Gasteiger partial charge in [-0.1, -0.05) is 6.92 Å². The van der Waals surface area contributed by atoms with E-state index < -0.39 is 6.03 Å². The molecule has 0 unspecified atom stereocenters. The van der Waals surface area contributed by atoms with Gasteiger partial charge in [-0.25, -0.2) is 10.2 Å². The first kappa shape index (κ1) is 12.8. The summed E-state index contributed by atoms with van der Waals surface area (Å²) >= 11 is 0. The van der Waals surface area contributed by atoms with Crippen LogP contribution in [0.25, 0.3) is 0 Å². The fraction of sp³-hybridized carbons (Fsp3) is 0.273. The average Bonchev–Trinajstić information content (AvgIpc) is 2.31. The number of urea groups is 1. The van der Waals surface area contributed by atoms with Crippen LogP contribution in [0.2, 0.25) is 0 Å². The molecule has 0 aliphatic carbocycles. The predicted octanol–water partition coefficient (Wildman–Crippen LogP) is 1.18.